The summed E-state index contributed by atoms with van der Waals surface area (Å²) < 4.78 is 0. The van der Waals surface area contributed by atoms with Crippen LogP contribution in [0.5, 0.6) is 0 Å². The van der Waals surface area contributed by atoms with Gasteiger partial charge in [0, 0.05) is 19.0 Å². The molecule has 0 saturated heterocycles. The second-order valence-electron chi connectivity index (χ2n) is 4.03. The maximum atomic E-state index is 11.2. The first-order chi connectivity index (χ1) is 7.09. The third-order valence-corrected chi connectivity index (χ3v) is 2.24. The van der Waals surface area contributed by atoms with Gasteiger partial charge in [0.15, 0.2) is 0 Å². The second-order valence-corrected chi connectivity index (χ2v) is 4.03. The summed E-state index contributed by atoms with van der Waals surface area (Å²) in [7, 11) is 0. The van der Waals surface area contributed by atoms with Crippen LogP contribution in [0.3, 0.4) is 0 Å². The molecule has 0 spiro atoms. The average molecular weight is 213 g/mol. The van der Waals surface area contributed by atoms with Gasteiger partial charge in [-0.1, -0.05) is 0 Å². The van der Waals surface area contributed by atoms with E-state index < -0.39 is 6.04 Å². The fraction of sp³-hybridized carbons (Fsp3) is 0.800. The molecule has 1 aliphatic rings. The zero-order chi connectivity index (χ0) is 11.3. The molecule has 1 saturated carbocycles. The Balaban J connectivity index is 1.95. The summed E-state index contributed by atoms with van der Waals surface area (Å²) >= 11 is 0. The summed E-state index contributed by atoms with van der Waals surface area (Å²) in [5, 5.41) is 5.55. The minimum absolute atomic E-state index is 0.0764. The molecule has 0 aliphatic heterocycles. The van der Waals surface area contributed by atoms with Crippen molar-refractivity contribution in [2.45, 2.75) is 44.7 Å². The summed E-state index contributed by atoms with van der Waals surface area (Å²) in [6.07, 6.45) is 3.34. The van der Waals surface area contributed by atoms with E-state index in [4.69, 9.17) is 5.73 Å². The molecule has 2 amide bonds. The molecule has 4 N–H and O–H groups in total. The lowest BCUT2D eigenvalue weighted by molar-refractivity contribution is -0.123. The molecule has 5 nitrogen and oxygen atoms in total. The van der Waals surface area contributed by atoms with Crippen molar-refractivity contribution in [2.75, 3.05) is 6.54 Å². The van der Waals surface area contributed by atoms with E-state index in [9.17, 15) is 9.59 Å². The largest absolute Gasteiger partial charge is 0.355 e. The van der Waals surface area contributed by atoms with Crippen molar-refractivity contribution in [1.29, 1.82) is 0 Å². The Morgan fingerprint density at radius 1 is 1.47 bits per heavy atom. The molecule has 0 aromatic rings. The third-order valence-electron chi connectivity index (χ3n) is 2.24. The highest BCUT2D eigenvalue weighted by Crippen LogP contribution is 2.18. The van der Waals surface area contributed by atoms with Gasteiger partial charge in [-0.15, -0.1) is 0 Å². The van der Waals surface area contributed by atoms with Crippen molar-refractivity contribution in [3.8, 4) is 0 Å². The zero-order valence-corrected chi connectivity index (χ0v) is 9.08. The fourth-order valence-corrected chi connectivity index (χ4v) is 1.15. The quantitative estimate of drug-likeness (QED) is 0.520. The van der Waals surface area contributed by atoms with Crippen molar-refractivity contribution in [3.63, 3.8) is 0 Å². The van der Waals surface area contributed by atoms with Gasteiger partial charge < -0.3 is 16.4 Å². The Bertz CT molecular complexity index is 237. The molecule has 86 valence electrons. The van der Waals surface area contributed by atoms with Crippen LogP contribution >= 0.6 is 0 Å². The molecular weight excluding hydrogens is 194 g/mol. The molecule has 1 fully saturated rings. The first-order valence-electron chi connectivity index (χ1n) is 5.42. The first-order valence-corrected chi connectivity index (χ1v) is 5.42. The van der Waals surface area contributed by atoms with Crippen LogP contribution in [0.15, 0.2) is 0 Å². The van der Waals surface area contributed by atoms with E-state index in [-0.39, 0.29) is 11.8 Å². The van der Waals surface area contributed by atoms with Crippen LogP contribution in [0.4, 0.5) is 0 Å². The van der Waals surface area contributed by atoms with Crippen LogP contribution in [0.25, 0.3) is 0 Å². The number of rotatable bonds is 6. The highest BCUT2D eigenvalue weighted by Gasteiger charge is 2.22. The number of carbonyl (C=O) groups excluding carboxylic acids is 2. The summed E-state index contributed by atoms with van der Waals surface area (Å²) in [4.78, 5) is 22.3. The number of nitrogens with one attached hydrogen (secondary N) is 2. The summed E-state index contributed by atoms with van der Waals surface area (Å²) in [6.45, 7) is 2.15. The van der Waals surface area contributed by atoms with Crippen LogP contribution in [-0.4, -0.2) is 30.4 Å². The van der Waals surface area contributed by atoms with Crippen LogP contribution in [-0.2, 0) is 9.59 Å². The van der Waals surface area contributed by atoms with E-state index in [0.717, 1.165) is 12.8 Å². The predicted molar refractivity (Wildman–Crippen MR) is 57.1 cm³/mol. The fourth-order valence-electron chi connectivity index (χ4n) is 1.15. The third kappa shape index (κ3) is 5.37. The van der Waals surface area contributed by atoms with Crippen molar-refractivity contribution >= 4 is 11.8 Å². The molecule has 1 rings (SSSR count). The summed E-state index contributed by atoms with van der Waals surface area (Å²) in [5.41, 5.74) is 5.36. The average Bonchev–Trinajstić information content (AvgIpc) is 2.95. The van der Waals surface area contributed by atoms with Crippen LogP contribution in [0.2, 0.25) is 0 Å². The van der Waals surface area contributed by atoms with E-state index in [1.54, 1.807) is 6.92 Å². The van der Waals surface area contributed by atoms with Gasteiger partial charge in [0.2, 0.25) is 11.8 Å². The lowest BCUT2D eigenvalue weighted by Gasteiger charge is -2.07. The van der Waals surface area contributed by atoms with Crippen LogP contribution in [0, 0.1) is 0 Å². The smallest absolute Gasteiger partial charge is 0.236 e. The SMILES string of the molecule is CC(N)C(=O)NCCCC(=O)NC1CC1. The standard InChI is InChI=1S/C10H19N3O2/c1-7(11)10(15)12-6-2-3-9(14)13-8-4-5-8/h7-8H,2-6,11H2,1H3,(H,12,15)(H,13,14). The molecule has 1 atom stereocenters. The highest BCUT2D eigenvalue weighted by molar-refractivity contribution is 5.81. The number of hydrogen-bond acceptors (Lipinski definition) is 3. The van der Waals surface area contributed by atoms with Gasteiger partial charge in [0.05, 0.1) is 6.04 Å². The Morgan fingerprint density at radius 3 is 2.67 bits per heavy atom. The van der Waals surface area contributed by atoms with Crippen molar-refractivity contribution in [1.82, 2.24) is 10.6 Å². The van der Waals surface area contributed by atoms with Crippen molar-refractivity contribution in [3.05, 3.63) is 0 Å². The molecule has 0 bridgehead atoms. The molecule has 0 aromatic carbocycles. The number of hydrogen-bond donors (Lipinski definition) is 3. The number of nitrogens with two attached hydrogens (primary N) is 1. The minimum atomic E-state index is -0.481. The van der Waals surface area contributed by atoms with Gasteiger partial charge in [-0.05, 0) is 26.2 Å². The maximum absolute atomic E-state index is 11.2. The van der Waals surface area contributed by atoms with Gasteiger partial charge in [0.25, 0.3) is 0 Å². The zero-order valence-electron chi connectivity index (χ0n) is 9.08. The normalized spacial score (nSPS) is 16.9. The van der Waals surface area contributed by atoms with Gasteiger partial charge in [-0.2, -0.15) is 0 Å². The maximum Gasteiger partial charge on any atom is 0.236 e. The van der Waals surface area contributed by atoms with Gasteiger partial charge >= 0.3 is 0 Å². The van der Waals surface area contributed by atoms with Gasteiger partial charge in [0.1, 0.15) is 0 Å². The Kier molecular flexibility index (Phi) is 4.55. The Morgan fingerprint density at radius 2 is 2.13 bits per heavy atom. The second kappa shape index (κ2) is 5.70. The molecular formula is C10H19N3O2. The minimum Gasteiger partial charge on any atom is -0.355 e. The Hall–Kier alpha value is -1.10. The van der Waals surface area contributed by atoms with E-state index in [1.165, 1.54) is 0 Å². The Labute approximate surface area is 89.8 Å². The summed E-state index contributed by atoms with van der Waals surface area (Å²) in [5.74, 6) is -0.0925. The van der Waals surface area contributed by atoms with E-state index in [1.807, 2.05) is 0 Å². The van der Waals surface area contributed by atoms with Crippen LogP contribution in [0.1, 0.15) is 32.6 Å². The molecule has 5 heteroatoms. The molecule has 0 radical (unpaired) electrons. The van der Waals surface area contributed by atoms with E-state index in [2.05, 4.69) is 10.6 Å². The van der Waals surface area contributed by atoms with Gasteiger partial charge in [-0.25, -0.2) is 0 Å². The molecule has 1 unspecified atom stereocenters. The molecule has 0 aromatic heterocycles. The number of amides is 2. The van der Waals surface area contributed by atoms with Gasteiger partial charge in [-0.3, -0.25) is 9.59 Å². The topological polar surface area (TPSA) is 84.2 Å². The van der Waals surface area contributed by atoms with E-state index in [0.29, 0.717) is 25.4 Å². The summed E-state index contributed by atoms with van der Waals surface area (Å²) in [6, 6.07) is -0.0681. The van der Waals surface area contributed by atoms with Crippen LogP contribution < -0.4 is 16.4 Å². The molecule has 0 heterocycles. The number of carbonyl (C=O) groups is 2. The lowest BCUT2D eigenvalue weighted by atomic mass is 10.2. The highest BCUT2D eigenvalue weighted by atomic mass is 16.2. The first kappa shape index (κ1) is 12.0. The molecule has 15 heavy (non-hydrogen) atoms. The van der Waals surface area contributed by atoms with Crippen molar-refractivity contribution in [2.24, 2.45) is 5.73 Å². The lowest BCUT2D eigenvalue weighted by Crippen LogP contribution is -2.39. The molecule has 1 aliphatic carbocycles. The van der Waals surface area contributed by atoms with E-state index >= 15 is 0 Å². The monoisotopic (exact) mass is 213 g/mol. The van der Waals surface area contributed by atoms with Crippen molar-refractivity contribution < 1.29 is 9.59 Å². The predicted octanol–water partition coefficient (Wildman–Crippen LogP) is -0.491.